The summed E-state index contributed by atoms with van der Waals surface area (Å²) < 4.78 is 41.9. The number of sulfonamides is 1. The van der Waals surface area contributed by atoms with Crippen LogP contribution in [0.4, 0.5) is 15.8 Å². The van der Waals surface area contributed by atoms with Crippen molar-refractivity contribution < 1.29 is 22.4 Å². The molecule has 9 heteroatoms. The Morgan fingerprint density at radius 1 is 0.861 bits per heavy atom. The maximum atomic E-state index is 14.1. The number of carbonyl (C=O) groups excluding carboxylic acids is 2. The molecular formula is C27H18ClFN2O4S. The van der Waals surface area contributed by atoms with Crippen LogP contribution in [-0.2, 0) is 14.8 Å². The Balaban J connectivity index is 1.49. The highest BCUT2D eigenvalue weighted by Crippen LogP contribution is 2.43. The Kier molecular flexibility index (Phi) is 6.07. The molecule has 4 aromatic carbocycles. The molecule has 0 fully saturated rings. The van der Waals surface area contributed by atoms with Gasteiger partial charge in [-0.25, -0.2) is 12.8 Å². The molecule has 0 unspecified atom stereocenters. The highest BCUT2D eigenvalue weighted by atomic mass is 35.5. The fraction of sp³-hybridized carbons (Fsp3) is 0.0370. The summed E-state index contributed by atoms with van der Waals surface area (Å²) in [6.45, 7) is -0.586. The number of hydrogen-bond acceptors (Lipinski definition) is 4. The van der Waals surface area contributed by atoms with Gasteiger partial charge in [-0.15, -0.1) is 0 Å². The lowest BCUT2D eigenvalue weighted by Gasteiger charge is -2.31. The molecular weight excluding hydrogens is 503 g/mol. The summed E-state index contributed by atoms with van der Waals surface area (Å²) >= 11 is 6.11. The molecule has 0 spiro atoms. The van der Waals surface area contributed by atoms with E-state index >= 15 is 0 Å². The zero-order valence-corrected chi connectivity index (χ0v) is 20.2. The Morgan fingerprint density at radius 2 is 1.58 bits per heavy atom. The topological polar surface area (TPSA) is 83.6 Å². The van der Waals surface area contributed by atoms with Crippen molar-refractivity contribution in [2.24, 2.45) is 0 Å². The summed E-state index contributed by atoms with van der Waals surface area (Å²) in [6, 6.07) is 22.9. The van der Waals surface area contributed by atoms with Crippen LogP contribution in [0.5, 0.6) is 0 Å². The molecule has 4 aromatic rings. The van der Waals surface area contributed by atoms with Crippen molar-refractivity contribution in [1.29, 1.82) is 0 Å². The molecule has 5 rings (SSSR count). The van der Waals surface area contributed by atoms with E-state index < -0.39 is 28.3 Å². The van der Waals surface area contributed by atoms with Crippen LogP contribution >= 0.6 is 11.6 Å². The van der Waals surface area contributed by atoms with Gasteiger partial charge < -0.3 is 5.32 Å². The van der Waals surface area contributed by atoms with Gasteiger partial charge in [-0.3, -0.25) is 13.9 Å². The van der Waals surface area contributed by atoms with Gasteiger partial charge in [0.1, 0.15) is 12.4 Å². The maximum Gasteiger partial charge on any atom is 0.265 e. The minimum absolute atomic E-state index is 0.0256. The van der Waals surface area contributed by atoms with E-state index in [4.69, 9.17) is 11.6 Å². The molecule has 36 heavy (non-hydrogen) atoms. The number of nitrogens with zero attached hydrogens (tertiary/aromatic N) is 1. The number of amides is 1. The van der Waals surface area contributed by atoms with Crippen molar-refractivity contribution in [3.05, 3.63) is 113 Å². The van der Waals surface area contributed by atoms with Gasteiger partial charge in [-0.1, -0.05) is 60.1 Å². The average Bonchev–Trinajstić information content (AvgIpc) is 2.88. The summed E-state index contributed by atoms with van der Waals surface area (Å²) in [6.07, 6.45) is 0. The first-order chi connectivity index (χ1) is 17.3. The number of nitrogens with one attached hydrogen (secondary N) is 1. The molecule has 180 valence electrons. The first-order valence-corrected chi connectivity index (χ1v) is 12.7. The lowest BCUT2D eigenvalue weighted by Crippen LogP contribution is -2.40. The van der Waals surface area contributed by atoms with E-state index in [2.05, 4.69) is 5.32 Å². The van der Waals surface area contributed by atoms with Gasteiger partial charge in [0.25, 0.3) is 10.0 Å². The van der Waals surface area contributed by atoms with Crippen molar-refractivity contribution in [3.8, 4) is 11.1 Å². The van der Waals surface area contributed by atoms with E-state index in [1.165, 1.54) is 36.4 Å². The van der Waals surface area contributed by atoms with Gasteiger partial charge in [0, 0.05) is 27.3 Å². The van der Waals surface area contributed by atoms with Gasteiger partial charge >= 0.3 is 0 Å². The summed E-state index contributed by atoms with van der Waals surface area (Å²) in [5, 5.41) is 2.95. The van der Waals surface area contributed by atoms with E-state index in [-0.39, 0.29) is 27.6 Å². The third-order valence-corrected chi connectivity index (χ3v) is 7.85. The van der Waals surface area contributed by atoms with Crippen molar-refractivity contribution in [1.82, 2.24) is 0 Å². The quantitative estimate of drug-likeness (QED) is 0.351. The van der Waals surface area contributed by atoms with Crippen LogP contribution in [0.15, 0.2) is 95.9 Å². The van der Waals surface area contributed by atoms with Gasteiger partial charge in [0.05, 0.1) is 16.3 Å². The number of fused-ring (bicyclic) bond motifs is 3. The number of ketones is 1. The van der Waals surface area contributed by atoms with E-state index in [0.29, 0.717) is 21.7 Å². The second-order valence-electron chi connectivity index (χ2n) is 8.10. The average molecular weight is 521 g/mol. The first-order valence-electron chi connectivity index (χ1n) is 10.9. The Morgan fingerprint density at radius 3 is 2.36 bits per heavy atom. The van der Waals surface area contributed by atoms with Crippen LogP contribution in [-0.4, -0.2) is 26.7 Å². The van der Waals surface area contributed by atoms with Crippen molar-refractivity contribution in [2.45, 2.75) is 4.90 Å². The SMILES string of the molecule is O=C(CN1c2ccc(F)cc2-c2ccccc2S1(=O)=O)Nc1ccc(Cl)cc1C(=O)c1ccccc1. The predicted molar refractivity (Wildman–Crippen MR) is 136 cm³/mol. The largest absolute Gasteiger partial charge is 0.324 e. The Hall–Kier alpha value is -4.01. The highest BCUT2D eigenvalue weighted by Gasteiger charge is 2.36. The van der Waals surface area contributed by atoms with Crippen LogP contribution in [0.25, 0.3) is 11.1 Å². The molecule has 0 saturated heterocycles. The molecule has 1 amide bonds. The number of hydrogen-bond donors (Lipinski definition) is 1. The number of carbonyl (C=O) groups is 2. The molecule has 1 aliphatic rings. The van der Waals surface area contributed by atoms with Crippen LogP contribution in [0.3, 0.4) is 0 Å². The second kappa shape index (κ2) is 9.22. The van der Waals surface area contributed by atoms with Crippen molar-refractivity contribution >= 4 is 44.7 Å². The molecule has 0 saturated carbocycles. The maximum absolute atomic E-state index is 14.1. The van der Waals surface area contributed by atoms with Crippen LogP contribution in [0.1, 0.15) is 15.9 Å². The molecule has 0 bridgehead atoms. The fourth-order valence-corrected chi connectivity index (χ4v) is 5.97. The number of halogens is 2. The monoisotopic (exact) mass is 520 g/mol. The summed E-state index contributed by atoms with van der Waals surface area (Å²) in [7, 11) is -4.11. The molecule has 1 aliphatic heterocycles. The molecule has 0 aromatic heterocycles. The van der Waals surface area contributed by atoms with Crippen molar-refractivity contribution in [3.63, 3.8) is 0 Å². The standard InChI is InChI=1S/C27H18ClFN2O4S/c28-18-10-12-23(22(14-18)27(33)17-6-2-1-3-7-17)30-26(32)16-31-24-13-11-19(29)15-21(24)20-8-4-5-9-25(20)36(31,34)35/h1-15H,16H2,(H,30,32). The summed E-state index contributed by atoms with van der Waals surface area (Å²) in [5.74, 6) is -1.57. The molecule has 0 radical (unpaired) electrons. The van der Waals surface area contributed by atoms with Crippen LogP contribution < -0.4 is 9.62 Å². The summed E-state index contributed by atoms with van der Waals surface area (Å²) in [4.78, 5) is 26.2. The highest BCUT2D eigenvalue weighted by molar-refractivity contribution is 7.93. The van der Waals surface area contributed by atoms with Gasteiger partial charge in [-0.2, -0.15) is 0 Å². The zero-order valence-electron chi connectivity index (χ0n) is 18.6. The predicted octanol–water partition coefficient (Wildman–Crippen LogP) is 5.52. The van der Waals surface area contributed by atoms with Gasteiger partial charge in [0.15, 0.2) is 5.78 Å². The Labute approximate surface area is 212 Å². The van der Waals surface area contributed by atoms with Gasteiger partial charge in [0.2, 0.25) is 5.91 Å². The summed E-state index contributed by atoms with van der Waals surface area (Å²) in [5.41, 5.74) is 1.66. The number of rotatable bonds is 5. The Bertz CT molecular complexity index is 1620. The number of benzene rings is 4. The molecule has 0 aliphatic carbocycles. The minimum atomic E-state index is -4.11. The van der Waals surface area contributed by atoms with E-state index in [0.717, 1.165) is 10.4 Å². The zero-order chi connectivity index (χ0) is 25.4. The molecule has 1 heterocycles. The molecule has 0 atom stereocenters. The first kappa shape index (κ1) is 23.7. The van der Waals surface area contributed by atoms with E-state index in [1.807, 2.05) is 0 Å². The molecule has 1 N–H and O–H groups in total. The van der Waals surface area contributed by atoms with Gasteiger partial charge in [-0.05, 0) is 42.5 Å². The number of anilines is 2. The van der Waals surface area contributed by atoms with Crippen LogP contribution in [0.2, 0.25) is 5.02 Å². The fourth-order valence-electron chi connectivity index (χ4n) is 4.15. The minimum Gasteiger partial charge on any atom is -0.324 e. The van der Waals surface area contributed by atoms with Crippen molar-refractivity contribution in [2.75, 3.05) is 16.2 Å². The third kappa shape index (κ3) is 4.25. The molecule has 6 nitrogen and oxygen atoms in total. The third-order valence-electron chi connectivity index (χ3n) is 5.80. The lowest BCUT2D eigenvalue weighted by molar-refractivity contribution is -0.114. The smallest absolute Gasteiger partial charge is 0.265 e. The normalized spacial score (nSPS) is 13.4. The lowest BCUT2D eigenvalue weighted by atomic mass is 10.0. The van der Waals surface area contributed by atoms with E-state index in [1.54, 1.807) is 48.5 Å². The van der Waals surface area contributed by atoms with Crippen LogP contribution in [0, 0.1) is 5.82 Å². The second-order valence-corrected chi connectivity index (χ2v) is 10.4. The van der Waals surface area contributed by atoms with E-state index in [9.17, 15) is 22.4 Å².